The standard InChI is InChI=1S/C8H3Cl3N2O/c9-4-1-2-5(6(10)3-4)7-12-8(11)13-14-7/h1-3H. The minimum absolute atomic E-state index is 0.0472. The largest absolute Gasteiger partial charge is 0.333 e. The number of hydrogen-bond donors (Lipinski definition) is 0. The summed E-state index contributed by atoms with van der Waals surface area (Å²) < 4.78 is 4.85. The number of nitrogens with zero attached hydrogens (tertiary/aromatic N) is 2. The SMILES string of the molecule is Clc1ccc(-c2nc(Cl)no2)c(Cl)c1. The average molecular weight is 249 g/mol. The summed E-state index contributed by atoms with van der Waals surface area (Å²) in [5, 5.41) is 4.48. The van der Waals surface area contributed by atoms with E-state index < -0.39 is 0 Å². The number of halogens is 3. The molecule has 0 radical (unpaired) electrons. The van der Waals surface area contributed by atoms with Crippen LogP contribution in [0.25, 0.3) is 11.5 Å². The molecule has 0 fully saturated rings. The maximum Gasteiger partial charge on any atom is 0.264 e. The highest BCUT2D eigenvalue weighted by Gasteiger charge is 2.11. The summed E-state index contributed by atoms with van der Waals surface area (Å²) >= 11 is 17.2. The highest BCUT2D eigenvalue weighted by Crippen LogP contribution is 2.29. The van der Waals surface area contributed by atoms with Gasteiger partial charge in [0.2, 0.25) is 0 Å². The zero-order valence-corrected chi connectivity index (χ0v) is 8.94. The molecule has 1 aromatic heterocycles. The first-order valence-electron chi connectivity index (χ1n) is 3.61. The van der Waals surface area contributed by atoms with Crippen LogP contribution >= 0.6 is 34.8 Å². The van der Waals surface area contributed by atoms with Gasteiger partial charge < -0.3 is 4.52 Å². The van der Waals surface area contributed by atoms with Gasteiger partial charge in [0.05, 0.1) is 10.6 Å². The molecule has 0 N–H and O–H groups in total. The molecule has 72 valence electrons. The Morgan fingerprint density at radius 2 is 1.93 bits per heavy atom. The monoisotopic (exact) mass is 248 g/mol. The normalized spacial score (nSPS) is 10.5. The first-order valence-corrected chi connectivity index (χ1v) is 4.75. The van der Waals surface area contributed by atoms with Crippen molar-refractivity contribution < 1.29 is 4.52 Å². The van der Waals surface area contributed by atoms with E-state index in [0.29, 0.717) is 15.6 Å². The summed E-state index contributed by atoms with van der Waals surface area (Å²) in [6.45, 7) is 0. The number of benzene rings is 1. The summed E-state index contributed by atoms with van der Waals surface area (Å²) in [6, 6.07) is 4.96. The fourth-order valence-corrected chi connectivity index (χ4v) is 1.58. The predicted molar refractivity (Wildman–Crippen MR) is 54.8 cm³/mol. The molecule has 0 saturated carbocycles. The van der Waals surface area contributed by atoms with Gasteiger partial charge in [-0.25, -0.2) is 0 Å². The van der Waals surface area contributed by atoms with Crippen molar-refractivity contribution >= 4 is 34.8 Å². The van der Waals surface area contributed by atoms with E-state index in [2.05, 4.69) is 10.1 Å². The van der Waals surface area contributed by atoms with Crippen molar-refractivity contribution in [2.24, 2.45) is 0 Å². The van der Waals surface area contributed by atoms with Crippen molar-refractivity contribution in [2.45, 2.75) is 0 Å². The fraction of sp³-hybridized carbons (Fsp3) is 0. The molecule has 1 heterocycles. The van der Waals surface area contributed by atoms with E-state index >= 15 is 0 Å². The van der Waals surface area contributed by atoms with Crippen LogP contribution in [0.5, 0.6) is 0 Å². The van der Waals surface area contributed by atoms with Crippen LogP contribution in [-0.4, -0.2) is 10.1 Å². The van der Waals surface area contributed by atoms with E-state index in [1.54, 1.807) is 18.2 Å². The Kier molecular flexibility index (Phi) is 2.63. The molecule has 2 aromatic rings. The summed E-state index contributed by atoms with van der Waals surface area (Å²) in [5.74, 6) is 0.275. The van der Waals surface area contributed by atoms with Crippen LogP contribution in [0.4, 0.5) is 0 Å². The van der Waals surface area contributed by atoms with Crippen LogP contribution in [-0.2, 0) is 0 Å². The molecule has 0 aliphatic heterocycles. The van der Waals surface area contributed by atoms with Gasteiger partial charge in [-0.15, -0.1) is 0 Å². The lowest BCUT2D eigenvalue weighted by atomic mass is 10.2. The fourth-order valence-electron chi connectivity index (χ4n) is 0.978. The topological polar surface area (TPSA) is 38.9 Å². The summed E-state index contributed by atoms with van der Waals surface area (Å²) in [7, 11) is 0. The van der Waals surface area contributed by atoms with Crippen molar-refractivity contribution in [3.8, 4) is 11.5 Å². The van der Waals surface area contributed by atoms with Crippen molar-refractivity contribution in [1.82, 2.24) is 10.1 Å². The van der Waals surface area contributed by atoms with E-state index in [0.717, 1.165) is 0 Å². The Bertz CT molecular complexity index is 469. The van der Waals surface area contributed by atoms with E-state index in [9.17, 15) is 0 Å². The number of aromatic nitrogens is 2. The van der Waals surface area contributed by atoms with Gasteiger partial charge in [-0.2, -0.15) is 4.98 Å². The molecule has 0 aliphatic rings. The zero-order chi connectivity index (χ0) is 10.1. The summed E-state index contributed by atoms with van der Waals surface area (Å²) in [4.78, 5) is 3.83. The van der Waals surface area contributed by atoms with Crippen molar-refractivity contribution in [3.05, 3.63) is 33.5 Å². The van der Waals surface area contributed by atoms with Gasteiger partial charge in [-0.1, -0.05) is 23.2 Å². The van der Waals surface area contributed by atoms with Gasteiger partial charge in [0.25, 0.3) is 11.2 Å². The first kappa shape index (κ1) is 9.77. The third-order valence-electron chi connectivity index (χ3n) is 1.56. The lowest BCUT2D eigenvalue weighted by molar-refractivity contribution is 0.430. The average Bonchev–Trinajstić information content (AvgIpc) is 2.51. The van der Waals surface area contributed by atoms with Gasteiger partial charge in [-0.3, -0.25) is 0 Å². The van der Waals surface area contributed by atoms with Crippen molar-refractivity contribution in [3.63, 3.8) is 0 Å². The third-order valence-corrected chi connectivity index (χ3v) is 2.26. The second-order valence-electron chi connectivity index (χ2n) is 2.49. The second-order valence-corrected chi connectivity index (χ2v) is 3.67. The highest BCUT2D eigenvalue weighted by molar-refractivity contribution is 6.36. The minimum atomic E-state index is 0.0472. The van der Waals surface area contributed by atoms with E-state index in [1.807, 2.05) is 0 Å². The van der Waals surface area contributed by atoms with E-state index in [-0.39, 0.29) is 11.2 Å². The lowest BCUT2D eigenvalue weighted by Gasteiger charge is -1.97. The minimum Gasteiger partial charge on any atom is -0.333 e. The Hall–Kier alpha value is -0.770. The Labute approximate surface area is 94.6 Å². The highest BCUT2D eigenvalue weighted by atomic mass is 35.5. The van der Waals surface area contributed by atoms with Crippen LogP contribution in [0, 0.1) is 0 Å². The van der Waals surface area contributed by atoms with Crippen LogP contribution in [0.1, 0.15) is 0 Å². The van der Waals surface area contributed by atoms with E-state index in [1.165, 1.54) is 0 Å². The van der Waals surface area contributed by atoms with Gasteiger partial charge >= 0.3 is 0 Å². The molecule has 0 saturated heterocycles. The molecule has 0 atom stereocenters. The first-order chi connectivity index (χ1) is 6.66. The van der Waals surface area contributed by atoms with Crippen molar-refractivity contribution in [2.75, 3.05) is 0 Å². The lowest BCUT2D eigenvalue weighted by Crippen LogP contribution is -1.79. The molecular weight excluding hydrogens is 246 g/mol. The smallest absolute Gasteiger partial charge is 0.264 e. The molecule has 0 aliphatic carbocycles. The molecule has 0 amide bonds. The molecule has 0 spiro atoms. The molecule has 14 heavy (non-hydrogen) atoms. The van der Waals surface area contributed by atoms with Crippen LogP contribution in [0.3, 0.4) is 0 Å². The maximum absolute atomic E-state index is 5.92. The quantitative estimate of drug-likeness (QED) is 0.773. The summed E-state index contributed by atoms with van der Waals surface area (Å²) in [5.41, 5.74) is 0.607. The molecular formula is C8H3Cl3N2O. The van der Waals surface area contributed by atoms with Gasteiger partial charge in [0.1, 0.15) is 0 Å². The van der Waals surface area contributed by atoms with Gasteiger partial charge in [-0.05, 0) is 35.0 Å². The third kappa shape index (κ3) is 1.85. The molecule has 1 aromatic carbocycles. The molecule has 3 nitrogen and oxygen atoms in total. The zero-order valence-electron chi connectivity index (χ0n) is 6.67. The molecule has 6 heteroatoms. The molecule has 2 rings (SSSR count). The van der Waals surface area contributed by atoms with Crippen LogP contribution < -0.4 is 0 Å². The molecule has 0 bridgehead atoms. The van der Waals surface area contributed by atoms with E-state index in [4.69, 9.17) is 39.3 Å². The van der Waals surface area contributed by atoms with Crippen molar-refractivity contribution in [1.29, 1.82) is 0 Å². The molecule has 0 unspecified atom stereocenters. The van der Waals surface area contributed by atoms with Crippen LogP contribution in [0.2, 0.25) is 15.3 Å². The predicted octanol–water partition coefficient (Wildman–Crippen LogP) is 3.70. The van der Waals surface area contributed by atoms with Gasteiger partial charge in [0, 0.05) is 5.02 Å². The maximum atomic E-state index is 5.92. The Morgan fingerprint density at radius 1 is 1.14 bits per heavy atom. The Balaban J connectivity index is 2.52. The van der Waals surface area contributed by atoms with Gasteiger partial charge in [0.15, 0.2) is 0 Å². The van der Waals surface area contributed by atoms with Crippen LogP contribution in [0.15, 0.2) is 22.7 Å². The number of rotatable bonds is 1. The number of hydrogen-bond acceptors (Lipinski definition) is 3. The second kappa shape index (κ2) is 3.77. The summed E-state index contributed by atoms with van der Waals surface area (Å²) in [6.07, 6.45) is 0. The Morgan fingerprint density at radius 3 is 2.50 bits per heavy atom.